The predicted octanol–water partition coefficient (Wildman–Crippen LogP) is 2.31. The van der Waals surface area contributed by atoms with Crippen molar-refractivity contribution in [3.63, 3.8) is 0 Å². The minimum Gasteiger partial charge on any atom is -0.494 e. The number of imidazole rings is 1. The molecule has 4 rings (SSSR count). The second-order valence-corrected chi connectivity index (χ2v) is 7.92. The largest absolute Gasteiger partial charge is 0.494 e. The van der Waals surface area contributed by atoms with Crippen molar-refractivity contribution in [1.82, 2.24) is 29.8 Å². The van der Waals surface area contributed by atoms with E-state index in [4.69, 9.17) is 16.3 Å². The molecule has 0 spiro atoms. The zero-order chi connectivity index (χ0) is 20.4. The molecule has 148 valence electrons. The summed E-state index contributed by atoms with van der Waals surface area (Å²) in [6.07, 6.45) is 6.31. The Morgan fingerprint density at radius 1 is 1.10 bits per heavy atom. The van der Waals surface area contributed by atoms with Gasteiger partial charge in [-0.3, -0.25) is 4.72 Å². The molecule has 29 heavy (non-hydrogen) atoms. The predicted molar refractivity (Wildman–Crippen MR) is 105 cm³/mol. The van der Waals surface area contributed by atoms with Crippen molar-refractivity contribution in [3.8, 4) is 17.1 Å². The summed E-state index contributed by atoms with van der Waals surface area (Å²) in [5.74, 6) is 0.420. The molecule has 4 aromatic rings. The van der Waals surface area contributed by atoms with E-state index in [-0.39, 0.29) is 4.90 Å². The van der Waals surface area contributed by atoms with Crippen molar-refractivity contribution in [1.29, 1.82) is 0 Å². The van der Waals surface area contributed by atoms with E-state index in [1.807, 2.05) is 0 Å². The molecule has 0 aliphatic heterocycles. The van der Waals surface area contributed by atoms with Gasteiger partial charge in [0.1, 0.15) is 17.8 Å². The van der Waals surface area contributed by atoms with E-state index in [1.165, 1.54) is 42.4 Å². The third-order valence-corrected chi connectivity index (χ3v) is 5.72. The lowest BCUT2D eigenvalue weighted by atomic mass is 10.3. The number of rotatable bonds is 6. The Balaban J connectivity index is 1.66. The van der Waals surface area contributed by atoms with Gasteiger partial charge in [0.2, 0.25) is 0 Å². The molecule has 0 saturated carbocycles. The van der Waals surface area contributed by atoms with Gasteiger partial charge in [-0.15, -0.1) is 5.10 Å². The van der Waals surface area contributed by atoms with Gasteiger partial charge in [0, 0.05) is 12.4 Å². The average molecular weight is 432 g/mol. The van der Waals surface area contributed by atoms with Crippen LogP contribution in [0.25, 0.3) is 11.4 Å². The summed E-state index contributed by atoms with van der Waals surface area (Å²) in [7, 11) is -2.43. The molecular formula is C17H14ClN7O3S. The highest BCUT2D eigenvalue weighted by molar-refractivity contribution is 7.92. The highest BCUT2D eigenvalue weighted by Crippen LogP contribution is 2.28. The Morgan fingerprint density at radius 3 is 2.62 bits per heavy atom. The fourth-order valence-electron chi connectivity index (χ4n) is 2.68. The van der Waals surface area contributed by atoms with Gasteiger partial charge in [-0.05, 0) is 46.8 Å². The number of benzene rings is 2. The van der Waals surface area contributed by atoms with Gasteiger partial charge in [0.25, 0.3) is 10.0 Å². The summed E-state index contributed by atoms with van der Waals surface area (Å²) >= 11 is 6.30. The first-order valence-corrected chi connectivity index (χ1v) is 10.1. The van der Waals surface area contributed by atoms with Crippen LogP contribution in [0.15, 0.2) is 66.3 Å². The third kappa shape index (κ3) is 3.77. The quantitative estimate of drug-likeness (QED) is 0.497. The number of aromatic nitrogens is 6. The number of methoxy groups -OCH3 is 1. The Kier molecular flexibility index (Phi) is 4.91. The van der Waals surface area contributed by atoms with Crippen molar-refractivity contribution < 1.29 is 13.2 Å². The molecule has 12 heteroatoms. The van der Waals surface area contributed by atoms with Gasteiger partial charge in [-0.25, -0.2) is 13.4 Å². The first-order chi connectivity index (χ1) is 14.0. The summed E-state index contributed by atoms with van der Waals surface area (Å²) in [5, 5.41) is 11.3. The molecule has 10 nitrogen and oxygen atoms in total. The standard InChI is InChI=1S/C17H14ClN7O3S/c1-28-17-5-3-13(9-16(17)25-11-20-22-23-25)29(26,27)21-12-2-4-15(14(18)8-12)24-7-6-19-10-24/h2-11,21H,1H3. The van der Waals surface area contributed by atoms with Crippen LogP contribution in [0.1, 0.15) is 0 Å². The number of anilines is 1. The summed E-state index contributed by atoms with van der Waals surface area (Å²) in [6, 6.07) is 9.21. The molecule has 0 aliphatic rings. The number of hydrogen-bond acceptors (Lipinski definition) is 7. The van der Waals surface area contributed by atoms with Gasteiger partial charge in [0.05, 0.1) is 34.7 Å². The molecule has 0 radical (unpaired) electrons. The first-order valence-electron chi connectivity index (χ1n) is 8.20. The maximum absolute atomic E-state index is 12.9. The first kappa shape index (κ1) is 18.9. The molecule has 0 fully saturated rings. The van der Waals surface area contributed by atoms with E-state index in [1.54, 1.807) is 35.4 Å². The van der Waals surface area contributed by atoms with Gasteiger partial charge >= 0.3 is 0 Å². The number of nitrogens with zero attached hydrogens (tertiary/aromatic N) is 6. The minimum absolute atomic E-state index is 0.0126. The zero-order valence-corrected chi connectivity index (χ0v) is 16.5. The van der Waals surface area contributed by atoms with E-state index < -0.39 is 10.0 Å². The Hall–Kier alpha value is -3.44. The van der Waals surface area contributed by atoms with E-state index in [9.17, 15) is 8.42 Å². The number of halogens is 1. The highest BCUT2D eigenvalue weighted by atomic mass is 35.5. The highest BCUT2D eigenvalue weighted by Gasteiger charge is 2.19. The molecule has 0 saturated heterocycles. The molecule has 2 heterocycles. The van der Waals surface area contributed by atoms with Crippen LogP contribution in [0.3, 0.4) is 0 Å². The second kappa shape index (κ2) is 7.53. The minimum atomic E-state index is -3.90. The van der Waals surface area contributed by atoms with E-state index in [0.29, 0.717) is 27.8 Å². The zero-order valence-electron chi connectivity index (χ0n) is 15.0. The summed E-state index contributed by atoms with van der Waals surface area (Å²) in [5.41, 5.74) is 1.38. The van der Waals surface area contributed by atoms with Crippen molar-refractivity contribution in [2.24, 2.45) is 0 Å². The van der Waals surface area contributed by atoms with Crippen LogP contribution in [-0.4, -0.2) is 45.3 Å². The lowest BCUT2D eigenvalue weighted by Gasteiger charge is -2.13. The van der Waals surface area contributed by atoms with Crippen LogP contribution in [0.2, 0.25) is 5.02 Å². The molecular weight excluding hydrogens is 418 g/mol. The molecule has 2 aromatic heterocycles. The molecule has 0 amide bonds. The van der Waals surface area contributed by atoms with Crippen molar-refractivity contribution in [3.05, 3.63) is 66.5 Å². The SMILES string of the molecule is COc1ccc(S(=O)(=O)Nc2ccc(-n3ccnc3)c(Cl)c2)cc1-n1cnnn1. The summed E-state index contributed by atoms with van der Waals surface area (Å²) in [6.45, 7) is 0. The summed E-state index contributed by atoms with van der Waals surface area (Å²) in [4.78, 5) is 3.98. The van der Waals surface area contributed by atoms with Crippen molar-refractivity contribution in [2.75, 3.05) is 11.8 Å². The van der Waals surface area contributed by atoms with Gasteiger partial charge in [0.15, 0.2) is 0 Å². The van der Waals surface area contributed by atoms with Gasteiger partial charge in [-0.1, -0.05) is 11.6 Å². The summed E-state index contributed by atoms with van der Waals surface area (Å²) < 4.78 is 36.6. The average Bonchev–Trinajstić information content (AvgIpc) is 3.41. The Bertz CT molecular complexity index is 1240. The topological polar surface area (TPSA) is 117 Å². The van der Waals surface area contributed by atoms with Gasteiger partial charge in [-0.2, -0.15) is 4.68 Å². The fourth-order valence-corrected chi connectivity index (χ4v) is 4.03. The lowest BCUT2D eigenvalue weighted by Crippen LogP contribution is -2.14. The van der Waals surface area contributed by atoms with Crippen LogP contribution in [0, 0.1) is 0 Å². The number of hydrogen-bond donors (Lipinski definition) is 1. The van der Waals surface area contributed by atoms with Crippen LogP contribution in [0.4, 0.5) is 5.69 Å². The number of tetrazole rings is 1. The normalized spacial score (nSPS) is 11.4. The van der Waals surface area contributed by atoms with Crippen LogP contribution >= 0.6 is 11.6 Å². The maximum Gasteiger partial charge on any atom is 0.261 e. The molecule has 0 unspecified atom stereocenters. The second-order valence-electron chi connectivity index (χ2n) is 5.83. The van der Waals surface area contributed by atoms with Crippen molar-refractivity contribution in [2.45, 2.75) is 4.90 Å². The van der Waals surface area contributed by atoms with E-state index in [2.05, 4.69) is 25.2 Å². The fraction of sp³-hybridized carbons (Fsp3) is 0.0588. The van der Waals surface area contributed by atoms with E-state index in [0.717, 1.165) is 0 Å². The van der Waals surface area contributed by atoms with Gasteiger partial charge < -0.3 is 9.30 Å². The van der Waals surface area contributed by atoms with Crippen molar-refractivity contribution >= 4 is 27.3 Å². The molecule has 2 aromatic carbocycles. The smallest absolute Gasteiger partial charge is 0.261 e. The molecule has 0 atom stereocenters. The molecule has 0 aliphatic carbocycles. The third-order valence-electron chi connectivity index (χ3n) is 4.04. The van der Waals surface area contributed by atoms with Crippen LogP contribution in [-0.2, 0) is 10.0 Å². The van der Waals surface area contributed by atoms with E-state index >= 15 is 0 Å². The van der Waals surface area contributed by atoms with Crippen LogP contribution in [0.5, 0.6) is 5.75 Å². The number of nitrogens with one attached hydrogen (secondary N) is 1. The number of sulfonamides is 1. The number of ether oxygens (including phenoxy) is 1. The Morgan fingerprint density at radius 2 is 1.97 bits per heavy atom. The monoisotopic (exact) mass is 431 g/mol. The Labute approximate surface area is 170 Å². The van der Waals surface area contributed by atoms with Crippen LogP contribution < -0.4 is 9.46 Å². The maximum atomic E-state index is 12.9. The molecule has 0 bridgehead atoms. The lowest BCUT2D eigenvalue weighted by molar-refractivity contribution is 0.411. The molecule has 1 N–H and O–H groups in total.